The van der Waals surface area contributed by atoms with Crippen LogP contribution >= 0.6 is 0 Å². The summed E-state index contributed by atoms with van der Waals surface area (Å²) in [6, 6.07) is 0. The Balaban J connectivity index is 2.73. The molecule has 1 aliphatic rings. The molecule has 1 amide bonds. The molecule has 2 nitrogen and oxygen atoms in total. The standard InChI is InChI=1S/C7H13NO/c1-5-6(9)8-4-7(5,2)3/h5H,4H2,1-3H3,(H,8,9). The van der Waals surface area contributed by atoms with E-state index in [9.17, 15) is 4.79 Å². The van der Waals surface area contributed by atoms with Gasteiger partial charge in [0, 0.05) is 12.5 Å². The predicted molar refractivity (Wildman–Crippen MR) is 36.0 cm³/mol. The molecule has 1 N–H and O–H groups in total. The lowest BCUT2D eigenvalue weighted by Gasteiger charge is -2.18. The fraction of sp³-hybridized carbons (Fsp3) is 0.857. The lowest BCUT2D eigenvalue weighted by molar-refractivity contribution is -0.123. The molecule has 0 aliphatic carbocycles. The maximum atomic E-state index is 10.9. The quantitative estimate of drug-likeness (QED) is 0.512. The molecular formula is C7H13NO. The molecule has 2 heteroatoms. The van der Waals surface area contributed by atoms with Crippen molar-refractivity contribution in [3.63, 3.8) is 0 Å². The third-order valence-corrected chi connectivity index (χ3v) is 2.28. The average molecular weight is 127 g/mol. The van der Waals surface area contributed by atoms with Crippen molar-refractivity contribution in [2.24, 2.45) is 11.3 Å². The first-order chi connectivity index (χ1) is 4.04. The Morgan fingerprint density at radius 2 is 2.22 bits per heavy atom. The summed E-state index contributed by atoms with van der Waals surface area (Å²) in [5, 5.41) is 2.82. The Morgan fingerprint density at radius 3 is 2.33 bits per heavy atom. The van der Waals surface area contributed by atoms with Crippen LogP contribution in [0.4, 0.5) is 0 Å². The summed E-state index contributed by atoms with van der Waals surface area (Å²) in [6.45, 7) is 7.01. The van der Waals surface area contributed by atoms with Gasteiger partial charge in [-0.1, -0.05) is 20.8 Å². The highest BCUT2D eigenvalue weighted by Crippen LogP contribution is 2.29. The van der Waals surface area contributed by atoms with Crippen LogP contribution in [0, 0.1) is 11.3 Å². The second-order valence-electron chi connectivity index (χ2n) is 3.43. The van der Waals surface area contributed by atoms with Gasteiger partial charge in [-0.05, 0) is 5.41 Å². The van der Waals surface area contributed by atoms with Crippen molar-refractivity contribution in [2.75, 3.05) is 6.54 Å². The van der Waals surface area contributed by atoms with E-state index in [2.05, 4.69) is 19.2 Å². The summed E-state index contributed by atoms with van der Waals surface area (Å²) in [7, 11) is 0. The Hall–Kier alpha value is -0.530. The summed E-state index contributed by atoms with van der Waals surface area (Å²) in [5.41, 5.74) is 0.164. The van der Waals surface area contributed by atoms with Crippen LogP contribution in [0.25, 0.3) is 0 Å². The molecule has 0 radical (unpaired) electrons. The summed E-state index contributed by atoms with van der Waals surface area (Å²) in [4.78, 5) is 10.9. The van der Waals surface area contributed by atoms with Crippen LogP contribution in [0.2, 0.25) is 0 Å². The van der Waals surface area contributed by atoms with E-state index in [1.165, 1.54) is 0 Å². The van der Waals surface area contributed by atoms with E-state index in [4.69, 9.17) is 0 Å². The van der Waals surface area contributed by atoms with Crippen molar-refractivity contribution >= 4 is 5.91 Å². The molecule has 9 heavy (non-hydrogen) atoms. The fourth-order valence-electron chi connectivity index (χ4n) is 0.976. The van der Waals surface area contributed by atoms with E-state index in [1.807, 2.05) is 6.92 Å². The smallest absolute Gasteiger partial charge is 0.223 e. The van der Waals surface area contributed by atoms with Crippen molar-refractivity contribution in [2.45, 2.75) is 20.8 Å². The number of amides is 1. The second kappa shape index (κ2) is 1.72. The molecule has 52 valence electrons. The number of carbonyl (C=O) groups is 1. The zero-order valence-corrected chi connectivity index (χ0v) is 6.19. The van der Waals surface area contributed by atoms with Gasteiger partial charge in [0.05, 0.1) is 0 Å². The Labute approximate surface area is 55.6 Å². The molecule has 1 fully saturated rings. The first-order valence-corrected chi connectivity index (χ1v) is 3.32. The number of nitrogens with one attached hydrogen (secondary N) is 1. The van der Waals surface area contributed by atoms with Crippen molar-refractivity contribution in [3.8, 4) is 0 Å². The zero-order chi connectivity index (χ0) is 7.07. The van der Waals surface area contributed by atoms with Gasteiger partial charge in [-0.25, -0.2) is 0 Å². The Kier molecular flexibility index (Phi) is 1.26. The van der Waals surface area contributed by atoms with Gasteiger partial charge in [-0.3, -0.25) is 4.79 Å². The minimum atomic E-state index is 0.164. The van der Waals surface area contributed by atoms with Crippen molar-refractivity contribution in [3.05, 3.63) is 0 Å². The molecule has 1 heterocycles. The second-order valence-corrected chi connectivity index (χ2v) is 3.43. The molecule has 1 rings (SSSR count). The van der Waals surface area contributed by atoms with Crippen LogP contribution in [-0.4, -0.2) is 12.5 Å². The first kappa shape index (κ1) is 6.59. The fourth-order valence-corrected chi connectivity index (χ4v) is 0.976. The highest BCUT2D eigenvalue weighted by atomic mass is 16.2. The van der Waals surface area contributed by atoms with E-state index in [0.717, 1.165) is 6.54 Å². The summed E-state index contributed by atoms with van der Waals surface area (Å²) < 4.78 is 0. The minimum Gasteiger partial charge on any atom is -0.355 e. The molecule has 0 bridgehead atoms. The van der Waals surface area contributed by atoms with E-state index >= 15 is 0 Å². The van der Waals surface area contributed by atoms with Gasteiger partial charge in [0.1, 0.15) is 0 Å². The molecule has 0 aromatic heterocycles. The van der Waals surface area contributed by atoms with Crippen LogP contribution in [0.1, 0.15) is 20.8 Å². The molecule has 0 aromatic rings. The van der Waals surface area contributed by atoms with E-state index in [1.54, 1.807) is 0 Å². The summed E-state index contributed by atoms with van der Waals surface area (Å²) in [6.07, 6.45) is 0. The number of carbonyl (C=O) groups excluding carboxylic acids is 1. The SMILES string of the molecule is CC1C(=O)NCC1(C)C. The van der Waals surface area contributed by atoms with Gasteiger partial charge >= 0.3 is 0 Å². The monoisotopic (exact) mass is 127 g/mol. The predicted octanol–water partition coefficient (Wildman–Crippen LogP) is 0.778. The highest BCUT2D eigenvalue weighted by Gasteiger charge is 2.37. The van der Waals surface area contributed by atoms with Crippen LogP contribution in [-0.2, 0) is 4.79 Å². The molecule has 1 saturated heterocycles. The molecule has 0 spiro atoms. The van der Waals surface area contributed by atoms with Crippen molar-refractivity contribution in [1.82, 2.24) is 5.32 Å². The normalized spacial score (nSPS) is 32.3. The van der Waals surface area contributed by atoms with Crippen LogP contribution in [0.5, 0.6) is 0 Å². The highest BCUT2D eigenvalue weighted by molar-refractivity contribution is 5.81. The maximum Gasteiger partial charge on any atom is 0.223 e. The van der Waals surface area contributed by atoms with E-state index < -0.39 is 0 Å². The zero-order valence-electron chi connectivity index (χ0n) is 6.19. The Bertz CT molecular complexity index is 140. The van der Waals surface area contributed by atoms with Gasteiger partial charge in [0.25, 0.3) is 0 Å². The van der Waals surface area contributed by atoms with Crippen molar-refractivity contribution < 1.29 is 4.79 Å². The molecule has 0 saturated carbocycles. The van der Waals surface area contributed by atoms with Gasteiger partial charge in [-0.15, -0.1) is 0 Å². The minimum absolute atomic E-state index is 0.164. The lowest BCUT2D eigenvalue weighted by Crippen LogP contribution is -2.20. The van der Waals surface area contributed by atoms with E-state index in [0.29, 0.717) is 0 Å². The van der Waals surface area contributed by atoms with Crippen LogP contribution in [0.15, 0.2) is 0 Å². The van der Waals surface area contributed by atoms with Gasteiger partial charge < -0.3 is 5.32 Å². The Morgan fingerprint density at radius 1 is 1.67 bits per heavy atom. The lowest BCUT2D eigenvalue weighted by atomic mass is 9.83. The topological polar surface area (TPSA) is 29.1 Å². The third kappa shape index (κ3) is 0.934. The maximum absolute atomic E-state index is 10.9. The van der Waals surface area contributed by atoms with Gasteiger partial charge in [0.15, 0.2) is 0 Å². The molecule has 1 unspecified atom stereocenters. The number of hydrogen-bond acceptors (Lipinski definition) is 1. The number of rotatable bonds is 0. The molecule has 1 atom stereocenters. The molecular weight excluding hydrogens is 114 g/mol. The average Bonchev–Trinajstić information content (AvgIpc) is 1.97. The first-order valence-electron chi connectivity index (χ1n) is 3.32. The van der Waals surface area contributed by atoms with E-state index in [-0.39, 0.29) is 17.2 Å². The largest absolute Gasteiger partial charge is 0.355 e. The molecule has 1 aliphatic heterocycles. The van der Waals surface area contributed by atoms with Gasteiger partial charge in [0.2, 0.25) is 5.91 Å². The summed E-state index contributed by atoms with van der Waals surface area (Å²) in [5.74, 6) is 0.373. The van der Waals surface area contributed by atoms with Crippen LogP contribution in [0.3, 0.4) is 0 Å². The van der Waals surface area contributed by atoms with Crippen LogP contribution < -0.4 is 5.32 Å². The number of hydrogen-bond donors (Lipinski definition) is 1. The molecule has 0 aromatic carbocycles. The third-order valence-electron chi connectivity index (χ3n) is 2.28. The van der Waals surface area contributed by atoms with Crippen molar-refractivity contribution in [1.29, 1.82) is 0 Å². The summed E-state index contributed by atoms with van der Waals surface area (Å²) >= 11 is 0. The van der Waals surface area contributed by atoms with Gasteiger partial charge in [-0.2, -0.15) is 0 Å².